The van der Waals surface area contributed by atoms with Crippen LogP contribution in [0.1, 0.15) is 25.3 Å². The first kappa shape index (κ1) is 20.8. The molecule has 0 bridgehead atoms. The van der Waals surface area contributed by atoms with Gasteiger partial charge in [0.25, 0.3) is 0 Å². The van der Waals surface area contributed by atoms with Crippen molar-refractivity contribution in [2.45, 2.75) is 30.3 Å². The molecular weight excluding hydrogens is 400 g/mol. The number of anilines is 1. The van der Waals surface area contributed by atoms with Crippen LogP contribution in [0.2, 0.25) is 0 Å². The SMILES string of the molecule is C[C@](O)(CNS(=O)(=O)c1ccc(N2CCCCS2(=O)=O)cc1)c1ccccc1. The zero-order valence-electron chi connectivity index (χ0n) is 15.6. The monoisotopic (exact) mass is 424 g/mol. The molecule has 28 heavy (non-hydrogen) atoms. The van der Waals surface area contributed by atoms with Crippen molar-refractivity contribution in [3.63, 3.8) is 0 Å². The molecular formula is C19H24N2O5S2. The molecule has 0 aliphatic carbocycles. The third-order valence-corrected chi connectivity index (χ3v) is 8.07. The van der Waals surface area contributed by atoms with Gasteiger partial charge in [0.1, 0.15) is 5.60 Å². The van der Waals surface area contributed by atoms with Gasteiger partial charge in [-0.05, 0) is 49.6 Å². The van der Waals surface area contributed by atoms with E-state index in [0.717, 1.165) is 6.42 Å². The molecule has 9 heteroatoms. The quantitative estimate of drug-likeness (QED) is 0.736. The lowest BCUT2D eigenvalue weighted by Gasteiger charge is -2.28. The topological polar surface area (TPSA) is 104 Å². The van der Waals surface area contributed by atoms with Crippen molar-refractivity contribution in [3.05, 3.63) is 60.2 Å². The van der Waals surface area contributed by atoms with Crippen molar-refractivity contribution >= 4 is 25.7 Å². The minimum Gasteiger partial charge on any atom is -0.384 e. The lowest BCUT2D eigenvalue weighted by atomic mass is 9.97. The zero-order valence-corrected chi connectivity index (χ0v) is 17.2. The van der Waals surface area contributed by atoms with Gasteiger partial charge in [-0.1, -0.05) is 30.3 Å². The largest absolute Gasteiger partial charge is 0.384 e. The average Bonchev–Trinajstić information content (AvgIpc) is 2.67. The maximum absolute atomic E-state index is 12.6. The highest BCUT2D eigenvalue weighted by Crippen LogP contribution is 2.25. The Morgan fingerprint density at radius 3 is 2.32 bits per heavy atom. The molecule has 2 N–H and O–H groups in total. The number of nitrogens with zero attached hydrogens (tertiary/aromatic N) is 1. The Labute approximate surface area is 166 Å². The third-order valence-electron chi connectivity index (χ3n) is 4.79. The van der Waals surface area contributed by atoms with E-state index in [1.807, 2.05) is 6.07 Å². The molecule has 1 aliphatic heterocycles. The number of hydrogen-bond acceptors (Lipinski definition) is 5. The molecule has 2 aromatic rings. The molecule has 0 spiro atoms. The minimum atomic E-state index is -3.86. The van der Waals surface area contributed by atoms with E-state index >= 15 is 0 Å². The fourth-order valence-corrected chi connectivity index (χ4v) is 5.86. The Kier molecular flexibility index (Phi) is 5.81. The predicted molar refractivity (Wildman–Crippen MR) is 108 cm³/mol. The van der Waals surface area contributed by atoms with E-state index in [-0.39, 0.29) is 17.2 Å². The van der Waals surface area contributed by atoms with E-state index < -0.39 is 25.6 Å². The van der Waals surface area contributed by atoms with Crippen molar-refractivity contribution in [2.24, 2.45) is 0 Å². The Morgan fingerprint density at radius 1 is 1.07 bits per heavy atom. The van der Waals surface area contributed by atoms with Crippen molar-refractivity contribution in [3.8, 4) is 0 Å². The summed E-state index contributed by atoms with van der Waals surface area (Å²) in [5.41, 5.74) is -0.311. The number of hydrogen-bond donors (Lipinski definition) is 2. The summed E-state index contributed by atoms with van der Waals surface area (Å²) < 4.78 is 53.2. The van der Waals surface area contributed by atoms with E-state index in [1.165, 1.54) is 35.5 Å². The molecule has 152 valence electrons. The van der Waals surface area contributed by atoms with E-state index in [1.54, 1.807) is 24.3 Å². The highest BCUT2D eigenvalue weighted by atomic mass is 32.2. The smallest absolute Gasteiger partial charge is 0.240 e. The van der Waals surface area contributed by atoms with E-state index in [2.05, 4.69) is 4.72 Å². The van der Waals surface area contributed by atoms with Crippen LogP contribution in [0.25, 0.3) is 0 Å². The van der Waals surface area contributed by atoms with Gasteiger partial charge in [0, 0.05) is 13.1 Å². The molecule has 1 saturated heterocycles. The van der Waals surface area contributed by atoms with Gasteiger partial charge >= 0.3 is 0 Å². The first-order valence-corrected chi connectivity index (χ1v) is 12.1. The molecule has 2 aromatic carbocycles. The predicted octanol–water partition coefficient (Wildman–Crippen LogP) is 1.80. The molecule has 1 fully saturated rings. The molecule has 3 rings (SSSR count). The van der Waals surface area contributed by atoms with E-state index in [9.17, 15) is 21.9 Å². The van der Waals surface area contributed by atoms with Crippen LogP contribution in [-0.2, 0) is 25.6 Å². The van der Waals surface area contributed by atoms with Gasteiger partial charge < -0.3 is 5.11 Å². The second-order valence-corrected chi connectivity index (χ2v) is 10.8. The standard InChI is InChI=1S/C19H24N2O5S2/c1-19(22,16-7-3-2-4-8-16)15-20-28(25,26)18-11-9-17(10-12-18)21-13-5-6-14-27(21,23)24/h2-4,7-12,20,22H,5-6,13-15H2,1H3/t19-/m0/s1. The van der Waals surface area contributed by atoms with Crippen LogP contribution in [0.15, 0.2) is 59.5 Å². The van der Waals surface area contributed by atoms with Crippen LogP contribution in [-0.4, -0.2) is 40.8 Å². The van der Waals surface area contributed by atoms with Gasteiger partial charge in [0.2, 0.25) is 20.0 Å². The maximum Gasteiger partial charge on any atom is 0.240 e. The summed E-state index contributed by atoms with van der Waals surface area (Å²) in [4.78, 5) is 0.00881. The Bertz CT molecular complexity index is 1020. The van der Waals surface area contributed by atoms with Crippen LogP contribution in [0.3, 0.4) is 0 Å². The second kappa shape index (κ2) is 7.82. The lowest BCUT2D eigenvalue weighted by Crippen LogP contribution is -2.39. The van der Waals surface area contributed by atoms with Crippen LogP contribution < -0.4 is 9.03 Å². The van der Waals surface area contributed by atoms with Crippen molar-refractivity contribution in [1.29, 1.82) is 0 Å². The second-order valence-electron chi connectivity index (χ2n) is 7.05. The number of rotatable bonds is 6. The lowest BCUT2D eigenvalue weighted by molar-refractivity contribution is 0.0627. The summed E-state index contributed by atoms with van der Waals surface area (Å²) >= 11 is 0. The van der Waals surface area contributed by atoms with Crippen molar-refractivity contribution < 1.29 is 21.9 Å². The highest BCUT2D eigenvalue weighted by Gasteiger charge is 2.28. The highest BCUT2D eigenvalue weighted by molar-refractivity contribution is 7.92. The summed E-state index contributed by atoms with van der Waals surface area (Å²) in [5.74, 6) is 0.100. The third kappa shape index (κ3) is 4.54. The van der Waals surface area contributed by atoms with Crippen molar-refractivity contribution in [1.82, 2.24) is 4.72 Å². The van der Waals surface area contributed by atoms with E-state index in [4.69, 9.17) is 0 Å². The fraction of sp³-hybridized carbons (Fsp3) is 0.368. The van der Waals surface area contributed by atoms with Gasteiger partial charge in [-0.3, -0.25) is 4.31 Å². The molecule has 1 heterocycles. The minimum absolute atomic E-state index is 0.00881. The summed E-state index contributed by atoms with van der Waals surface area (Å²) in [6.45, 7) is 1.74. The molecule has 1 atom stereocenters. The molecule has 0 saturated carbocycles. The molecule has 7 nitrogen and oxygen atoms in total. The normalized spacial score (nSPS) is 19.1. The summed E-state index contributed by atoms with van der Waals surface area (Å²) in [6.07, 6.45) is 1.41. The van der Waals surface area contributed by atoms with E-state index in [0.29, 0.717) is 24.2 Å². The summed E-state index contributed by atoms with van der Waals surface area (Å²) in [6, 6.07) is 14.5. The summed E-state index contributed by atoms with van der Waals surface area (Å²) in [7, 11) is -7.21. The van der Waals surface area contributed by atoms with Gasteiger partial charge in [-0.2, -0.15) is 0 Å². The maximum atomic E-state index is 12.6. The Balaban J connectivity index is 1.74. The molecule has 0 radical (unpaired) electrons. The zero-order chi connectivity index (χ0) is 20.4. The average molecular weight is 425 g/mol. The first-order chi connectivity index (χ1) is 13.1. The van der Waals surface area contributed by atoms with Gasteiger partial charge in [0.15, 0.2) is 0 Å². The van der Waals surface area contributed by atoms with Crippen LogP contribution in [0.4, 0.5) is 5.69 Å². The number of sulfonamides is 2. The van der Waals surface area contributed by atoms with Gasteiger partial charge in [-0.15, -0.1) is 0 Å². The molecule has 0 amide bonds. The van der Waals surface area contributed by atoms with Crippen LogP contribution >= 0.6 is 0 Å². The fourth-order valence-electron chi connectivity index (χ4n) is 3.09. The Morgan fingerprint density at radius 2 is 1.71 bits per heavy atom. The van der Waals surface area contributed by atoms with Crippen LogP contribution in [0.5, 0.6) is 0 Å². The van der Waals surface area contributed by atoms with Gasteiger partial charge in [0.05, 0.1) is 16.3 Å². The number of benzene rings is 2. The summed E-state index contributed by atoms with van der Waals surface area (Å²) in [5, 5.41) is 10.6. The molecule has 0 aromatic heterocycles. The van der Waals surface area contributed by atoms with Crippen LogP contribution in [0, 0.1) is 0 Å². The van der Waals surface area contributed by atoms with Gasteiger partial charge in [-0.25, -0.2) is 21.6 Å². The number of nitrogens with one attached hydrogen (secondary N) is 1. The van der Waals surface area contributed by atoms with Crippen molar-refractivity contribution in [2.75, 3.05) is 23.1 Å². The number of aliphatic hydroxyl groups is 1. The molecule has 0 unspecified atom stereocenters. The first-order valence-electron chi connectivity index (χ1n) is 9.00. The molecule has 1 aliphatic rings. The Hall–Kier alpha value is -1.94.